The van der Waals surface area contributed by atoms with Gasteiger partial charge < -0.3 is 10.1 Å². The average molecular weight is 369 g/mol. The van der Waals surface area contributed by atoms with Gasteiger partial charge in [-0.2, -0.15) is 0 Å². The normalized spacial score (nSPS) is 11.1. The third-order valence-corrected chi connectivity index (χ3v) is 5.69. The lowest BCUT2D eigenvalue weighted by Gasteiger charge is -2.06. The van der Waals surface area contributed by atoms with Gasteiger partial charge in [0.2, 0.25) is 0 Å². The molecule has 1 amide bonds. The fourth-order valence-electron chi connectivity index (χ4n) is 1.90. The summed E-state index contributed by atoms with van der Waals surface area (Å²) in [4.78, 5) is 16.6. The summed E-state index contributed by atoms with van der Waals surface area (Å²) in [5.41, 5.74) is 0.487. The van der Waals surface area contributed by atoms with E-state index >= 15 is 0 Å². The van der Waals surface area contributed by atoms with Crippen molar-refractivity contribution in [2.24, 2.45) is 0 Å². The summed E-state index contributed by atoms with van der Waals surface area (Å²) in [6.45, 7) is 4.18. The summed E-state index contributed by atoms with van der Waals surface area (Å²) in [6, 6.07) is 6.00. The van der Waals surface area contributed by atoms with Crippen molar-refractivity contribution < 1.29 is 17.9 Å². The Morgan fingerprint density at radius 1 is 1.29 bits per heavy atom. The summed E-state index contributed by atoms with van der Waals surface area (Å²) in [7, 11) is -2.27. The zero-order chi connectivity index (χ0) is 17.7. The largest absolute Gasteiger partial charge is 0.497 e. The van der Waals surface area contributed by atoms with E-state index in [2.05, 4.69) is 15.0 Å². The number of nitrogens with one attached hydrogen (secondary N) is 2. The summed E-state index contributed by atoms with van der Waals surface area (Å²) >= 11 is 1.01. The van der Waals surface area contributed by atoms with E-state index in [1.54, 1.807) is 19.1 Å². The van der Waals surface area contributed by atoms with E-state index in [1.807, 2.05) is 6.92 Å². The van der Waals surface area contributed by atoms with E-state index < -0.39 is 10.0 Å². The number of carbonyl (C=O) groups is 1. The fourth-order valence-corrected chi connectivity index (χ4v) is 4.02. The van der Waals surface area contributed by atoms with Gasteiger partial charge in [-0.1, -0.05) is 18.3 Å². The first-order valence-electron chi connectivity index (χ1n) is 7.30. The Hall–Kier alpha value is -2.13. The predicted molar refractivity (Wildman–Crippen MR) is 93.3 cm³/mol. The molecule has 1 heterocycles. The molecule has 2 aromatic rings. The van der Waals surface area contributed by atoms with Crippen LogP contribution in [0.15, 0.2) is 29.2 Å². The van der Waals surface area contributed by atoms with E-state index in [-0.39, 0.29) is 15.9 Å². The third-order valence-electron chi connectivity index (χ3n) is 3.13. The zero-order valence-electron chi connectivity index (χ0n) is 13.6. The van der Waals surface area contributed by atoms with Crippen molar-refractivity contribution >= 4 is 32.4 Å². The Kier molecular flexibility index (Phi) is 5.79. The Morgan fingerprint density at radius 3 is 2.54 bits per heavy atom. The second kappa shape index (κ2) is 7.63. The third kappa shape index (κ3) is 4.24. The van der Waals surface area contributed by atoms with Gasteiger partial charge in [-0.15, -0.1) is 0 Å². The number of hydrogen-bond donors (Lipinski definition) is 2. The molecule has 0 aliphatic heterocycles. The first kappa shape index (κ1) is 18.2. The Balaban J connectivity index is 2.19. The van der Waals surface area contributed by atoms with Gasteiger partial charge in [0.15, 0.2) is 5.13 Å². The lowest BCUT2D eigenvalue weighted by atomic mass is 10.3. The van der Waals surface area contributed by atoms with Crippen molar-refractivity contribution in [3.05, 3.63) is 34.8 Å². The molecular weight excluding hydrogens is 350 g/mol. The summed E-state index contributed by atoms with van der Waals surface area (Å²) in [5.74, 6) is 0.315. The van der Waals surface area contributed by atoms with Crippen LogP contribution in [-0.4, -0.2) is 33.0 Å². The average Bonchev–Trinajstić information content (AvgIpc) is 2.92. The maximum absolute atomic E-state index is 12.4. The minimum Gasteiger partial charge on any atom is -0.497 e. The number of benzene rings is 1. The molecule has 0 radical (unpaired) electrons. The fraction of sp³-hybridized carbons (Fsp3) is 0.333. The van der Waals surface area contributed by atoms with Gasteiger partial charge in [-0.25, -0.2) is 13.4 Å². The van der Waals surface area contributed by atoms with Crippen LogP contribution in [0.4, 0.5) is 5.13 Å². The van der Waals surface area contributed by atoms with Crippen LogP contribution in [0.5, 0.6) is 5.75 Å². The van der Waals surface area contributed by atoms with Crippen LogP contribution in [0.25, 0.3) is 0 Å². The van der Waals surface area contributed by atoms with Crippen LogP contribution in [0, 0.1) is 6.92 Å². The van der Waals surface area contributed by atoms with E-state index in [9.17, 15) is 13.2 Å². The van der Waals surface area contributed by atoms with Gasteiger partial charge in [0.25, 0.3) is 15.9 Å². The minimum absolute atomic E-state index is 0.0909. The van der Waals surface area contributed by atoms with Gasteiger partial charge >= 0.3 is 0 Å². The molecule has 0 aliphatic carbocycles. The standard InChI is InChI=1S/C15H19N3O4S2/c1-4-9-16-14(19)13-10(2)17-15(23-13)18-24(20,21)12-7-5-11(22-3)6-8-12/h5-8H,4,9H2,1-3H3,(H,16,19)(H,17,18). The molecule has 0 spiro atoms. The number of carbonyl (C=O) groups excluding carboxylic acids is 1. The number of thiazole rings is 1. The Labute approximate surface area is 145 Å². The van der Waals surface area contributed by atoms with Crippen LogP contribution in [0.2, 0.25) is 0 Å². The lowest BCUT2D eigenvalue weighted by Crippen LogP contribution is -2.23. The monoisotopic (exact) mass is 369 g/mol. The van der Waals surface area contributed by atoms with Crippen LogP contribution < -0.4 is 14.8 Å². The molecule has 2 rings (SSSR count). The van der Waals surface area contributed by atoms with E-state index in [1.165, 1.54) is 19.2 Å². The molecule has 24 heavy (non-hydrogen) atoms. The smallest absolute Gasteiger partial charge is 0.263 e. The van der Waals surface area contributed by atoms with Gasteiger partial charge in [0.05, 0.1) is 17.7 Å². The van der Waals surface area contributed by atoms with Crippen LogP contribution >= 0.6 is 11.3 Å². The summed E-state index contributed by atoms with van der Waals surface area (Å²) < 4.78 is 32.2. The Morgan fingerprint density at radius 2 is 1.96 bits per heavy atom. The Bertz CT molecular complexity index is 814. The quantitative estimate of drug-likeness (QED) is 0.781. The number of sulfonamides is 1. The number of anilines is 1. The molecular formula is C15H19N3O4S2. The topological polar surface area (TPSA) is 97.4 Å². The van der Waals surface area contributed by atoms with Crippen molar-refractivity contribution in [2.75, 3.05) is 18.4 Å². The molecule has 0 saturated carbocycles. The van der Waals surface area contributed by atoms with Crippen molar-refractivity contribution in [3.8, 4) is 5.75 Å². The van der Waals surface area contributed by atoms with Gasteiger partial charge in [0.1, 0.15) is 10.6 Å². The molecule has 7 nitrogen and oxygen atoms in total. The van der Waals surface area contributed by atoms with Gasteiger partial charge in [-0.3, -0.25) is 9.52 Å². The lowest BCUT2D eigenvalue weighted by molar-refractivity contribution is 0.0957. The summed E-state index contributed by atoms with van der Waals surface area (Å²) in [6.07, 6.45) is 0.820. The number of ether oxygens (including phenoxy) is 1. The van der Waals surface area contributed by atoms with Crippen LogP contribution in [0.1, 0.15) is 28.7 Å². The summed E-state index contributed by atoms with van der Waals surface area (Å²) in [5, 5.41) is 2.91. The maximum Gasteiger partial charge on any atom is 0.263 e. The highest BCUT2D eigenvalue weighted by molar-refractivity contribution is 7.93. The first-order valence-corrected chi connectivity index (χ1v) is 9.60. The number of rotatable bonds is 7. The van der Waals surface area contributed by atoms with E-state index in [0.29, 0.717) is 22.9 Å². The highest BCUT2D eigenvalue weighted by Crippen LogP contribution is 2.25. The second-order valence-corrected chi connectivity index (χ2v) is 7.65. The molecule has 0 saturated heterocycles. The van der Waals surface area contributed by atoms with Gasteiger partial charge in [0, 0.05) is 6.54 Å². The highest BCUT2D eigenvalue weighted by Gasteiger charge is 2.20. The van der Waals surface area contributed by atoms with E-state index in [4.69, 9.17) is 4.74 Å². The number of aryl methyl sites for hydroxylation is 1. The molecule has 0 atom stereocenters. The number of amides is 1. The molecule has 0 fully saturated rings. The molecule has 0 bridgehead atoms. The first-order chi connectivity index (χ1) is 11.4. The number of nitrogens with zero attached hydrogens (tertiary/aromatic N) is 1. The van der Waals surface area contributed by atoms with Crippen LogP contribution in [0.3, 0.4) is 0 Å². The number of methoxy groups -OCH3 is 1. The van der Waals surface area contributed by atoms with Crippen molar-refractivity contribution in [1.29, 1.82) is 0 Å². The molecule has 9 heteroatoms. The molecule has 1 aromatic carbocycles. The molecule has 2 N–H and O–H groups in total. The maximum atomic E-state index is 12.4. The zero-order valence-corrected chi connectivity index (χ0v) is 15.3. The molecule has 130 valence electrons. The SMILES string of the molecule is CCCNC(=O)c1sc(NS(=O)(=O)c2ccc(OC)cc2)nc1C. The molecule has 0 unspecified atom stereocenters. The number of hydrogen-bond acceptors (Lipinski definition) is 6. The molecule has 0 aliphatic rings. The van der Waals surface area contributed by atoms with Gasteiger partial charge in [-0.05, 0) is 37.6 Å². The van der Waals surface area contributed by atoms with E-state index in [0.717, 1.165) is 17.8 Å². The predicted octanol–water partition coefficient (Wildman–Crippen LogP) is 2.40. The van der Waals surface area contributed by atoms with Crippen molar-refractivity contribution in [3.63, 3.8) is 0 Å². The van der Waals surface area contributed by atoms with Crippen molar-refractivity contribution in [1.82, 2.24) is 10.3 Å². The molecule has 1 aromatic heterocycles. The second-order valence-electron chi connectivity index (χ2n) is 4.97. The number of aromatic nitrogens is 1. The minimum atomic E-state index is -3.77. The highest BCUT2D eigenvalue weighted by atomic mass is 32.2. The van der Waals surface area contributed by atoms with Crippen LogP contribution in [-0.2, 0) is 10.0 Å². The van der Waals surface area contributed by atoms with Crippen molar-refractivity contribution in [2.45, 2.75) is 25.2 Å².